The number of carbonyl (C=O) groups excluding carboxylic acids is 1. The van der Waals surface area contributed by atoms with Gasteiger partial charge in [-0.1, -0.05) is 48.0 Å². The van der Waals surface area contributed by atoms with Crippen LogP contribution in [0.25, 0.3) is 11.4 Å². The van der Waals surface area contributed by atoms with Crippen LogP contribution in [0.2, 0.25) is 5.02 Å². The van der Waals surface area contributed by atoms with E-state index in [1.165, 1.54) is 0 Å². The second-order valence-corrected chi connectivity index (χ2v) is 7.75. The molecule has 1 unspecified atom stereocenters. The van der Waals surface area contributed by atoms with Gasteiger partial charge in [0.15, 0.2) is 5.82 Å². The molecule has 0 saturated carbocycles. The number of para-hydroxylation sites is 1. The van der Waals surface area contributed by atoms with Crippen molar-refractivity contribution in [2.75, 3.05) is 10.6 Å². The van der Waals surface area contributed by atoms with Crippen molar-refractivity contribution in [2.45, 2.75) is 13.0 Å². The smallest absolute Gasteiger partial charge is 0.255 e. The SMILES string of the molecule is CC1=C(C(=O)Nc2ccccc2)C(c2ccccc2Cl)n2nc(-c3ccncc3)nc2N1. The number of hydrogen-bond donors (Lipinski definition) is 2. The molecule has 0 spiro atoms. The first kappa shape index (κ1) is 20.0. The number of amides is 1. The first-order chi connectivity index (χ1) is 15.6. The van der Waals surface area contributed by atoms with E-state index in [0.29, 0.717) is 33.8 Å². The van der Waals surface area contributed by atoms with E-state index in [-0.39, 0.29) is 5.91 Å². The molecule has 1 aliphatic heterocycles. The number of rotatable bonds is 4. The van der Waals surface area contributed by atoms with E-state index in [2.05, 4.69) is 20.6 Å². The van der Waals surface area contributed by atoms with E-state index >= 15 is 0 Å². The van der Waals surface area contributed by atoms with Gasteiger partial charge in [0.2, 0.25) is 5.95 Å². The number of benzene rings is 2. The van der Waals surface area contributed by atoms with Crippen molar-refractivity contribution < 1.29 is 4.79 Å². The van der Waals surface area contributed by atoms with Crippen LogP contribution in [0.3, 0.4) is 0 Å². The summed E-state index contributed by atoms with van der Waals surface area (Å²) < 4.78 is 1.71. The lowest BCUT2D eigenvalue weighted by molar-refractivity contribution is -0.113. The summed E-state index contributed by atoms with van der Waals surface area (Å²) in [6.45, 7) is 1.86. The quantitative estimate of drug-likeness (QED) is 0.468. The largest absolute Gasteiger partial charge is 0.328 e. The van der Waals surface area contributed by atoms with Gasteiger partial charge in [0.05, 0.1) is 5.57 Å². The van der Waals surface area contributed by atoms with Gasteiger partial charge < -0.3 is 10.6 Å². The number of anilines is 2. The highest BCUT2D eigenvalue weighted by atomic mass is 35.5. The Bertz CT molecular complexity index is 1320. The van der Waals surface area contributed by atoms with Gasteiger partial charge in [-0.25, -0.2) is 4.68 Å². The second-order valence-electron chi connectivity index (χ2n) is 7.35. The Kier molecular flexibility index (Phi) is 5.17. The van der Waals surface area contributed by atoms with Gasteiger partial charge in [-0.15, -0.1) is 5.10 Å². The Balaban J connectivity index is 1.63. The first-order valence-corrected chi connectivity index (χ1v) is 10.4. The molecule has 3 heterocycles. The minimum atomic E-state index is -0.549. The molecule has 7 nitrogen and oxygen atoms in total. The number of nitrogens with zero attached hydrogens (tertiary/aromatic N) is 4. The predicted molar refractivity (Wildman–Crippen MR) is 124 cm³/mol. The van der Waals surface area contributed by atoms with Crippen LogP contribution < -0.4 is 10.6 Å². The van der Waals surface area contributed by atoms with Gasteiger partial charge in [0.1, 0.15) is 6.04 Å². The van der Waals surface area contributed by atoms with Crippen molar-refractivity contribution >= 4 is 29.1 Å². The fraction of sp³-hybridized carbons (Fsp3) is 0.0833. The summed E-state index contributed by atoms with van der Waals surface area (Å²) in [5.41, 5.74) is 3.50. The number of fused-ring (bicyclic) bond motifs is 1. The molecule has 0 radical (unpaired) electrons. The Morgan fingerprint density at radius 3 is 2.50 bits per heavy atom. The van der Waals surface area contributed by atoms with Crippen molar-refractivity contribution in [3.05, 3.63) is 101 Å². The minimum absolute atomic E-state index is 0.238. The molecule has 0 saturated heterocycles. The molecule has 4 aromatic rings. The van der Waals surface area contributed by atoms with E-state index in [4.69, 9.17) is 16.7 Å². The van der Waals surface area contributed by atoms with Gasteiger partial charge in [-0.3, -0.25) is 9.78 Å². The average Bonchev–Trinajstić information content (AvgIpc) is 3.23. The molecular formula is C24H19ClN6O. The first-order valence-electron chi connectivity index (χ1n) is 10.1. The molecule has 2 aromatic heterocycles. The van der Waals surface area contributed by atoms with Crippen LogP contribution in [0.4, 0.5) is 11.6 Å². The van der Waals surface area contributed by atoms with E-state index in [0.717, 1.165) is 11.1 Å². The summed E-state index contributed by atoms with van der Waals surface area (Å²) in [5.74, 6) is 0.831. The monoisotopic (exact) mass is 442 g/mol. The van der Waals surface area contributed by atoms with Crippen LogP contribution in [-0.2, 0) is 4.79 Å². The lowest BCUT2D eigenvalue weighted by Crippen LogP contribution is -2.31. The van der Waals surface area contributed by atoms with Crippen LogP contribution in [-0.4, -0.2) is 25.7 Å². The molecule has 0 bridgehead atoms. The molecule has 2 aromatic carbocycles. The summed E-state index contributed by atoms with van der Waals surface area (Å²) in [4.78, 5) is 22.2. The second kappa shape index (κ2) is 8.28. The molecule has 1 atom stereocenters. The Morgan fingerprint density at radius 1 is 1.03 bits per heavy atom. The van der Waals surface area contributed by atoms with Crippen LogP contribution in [0.15, 0.2) is 90.4 Å². The zero-order valence-corrected chi connectivity index (χ0v) is 17.9. The van der Waals surface area contributed by atoms with Gasteiger partial charge in [-0.05, 0) is 37.3 Å². The maximum atomic E-state index is 13.4. The number of nitrogens with one attached hydrogen (secondary N) is 2. The van der Waals surface area contributed by atoms with Crippen molar-refractivity contribution in [3.8, 4) is 11.4 Å². The van der Waals surface area contributed by atoms with Gasteiger partial charge >= 0.3 is 0 Å². The fourth-order valence-corrected chi connectivity index (χ4v) is 4.01. The Hall–Kier alpha value is -3.97. The molecule has 158 valence electrons. The number of hydrogen-bond acceptors (Lipinski definition) is 5. The molecule has 0 fully saturated rings. The highest BCUT2D eigenvalue weighted by Crippen LogP contribution is 2.39. The number of carbonyl (C=O) groups is 1. The van der Waals surface area contributed by atoms with Gasteiger partial charge in [0, 0.05) is 39.9 Å². The maximum absolute atomic E-state index is 13.4. The highest BCUT2D eigenvalue weighted by Gasteiger charge is 2.35. The third-order valence-corrected chi connectivity index (χ3v) is 5.61. The fourth-order valence-electron chi connectivity index (χ4n) is 3.77. The summed E-state index contributed by atoms with van der Waals surface area (Å²) in [6.07, 6.45) is 3.38. The third-order valence-electron chi connectivity index (χ3n) is 5.27. The van der Waals surface area contributed by atoms with E-state index in [1.54, 1.807) is 23.1 Å². The summed E-state index contributed by atoms with van der Waals surface area (Å²) in [7, 11) is 0. The zero-order chi connectivity index (χ0) is 22.1. The molecular weight excluding hydrogens is 424 g/mol. The summed E-state index contributed by atoms with van der Waals surface area (Å²) >= 11 is 6.58. The van der Waals surface area contributed by atoms with E-state index < -0.39 is 6.04 Å². The molecule has 2 N–H and O–H groups in total. The topological polar surface area (TPSA) is 84.7 Å². The standard InChI is InChI=1S/C24H19ClN6O/c1-15-20(23(32)28-17-7-3-2-4-8-17)21(18-9-5-6-10-19(18)25)31-24(27-15)29-22(30-31)16-11-13-26-14-12-16/h2-14,21H,1H3,(H,28,32)(H,27,29,30). The molecule has 1 amide bonds. The van der Waals surface area contributed by atoms with E-state index in [1.807, 2.05) is 67.6 Å². The molecule has 5 rings (SSSR count). The molecule has 1 aliphatic rings. The average molecular weight is 443 g/mol. The summed E-state index contributed by atoms with van der Waals surface area (Å²) in [6, 6.07) is 19.9. The maximum Gasteiger partial charge on any atom is 0.255 e. The lowest BCUT2D eigenvalue weighted by Gasteiger charge is -2.29. The normalized spacial score (nSPS) is 15.1. The predicted octanol–water partition coefficient (Wildman–Crippen LogP) is 4.92. The third kappa shape index (κ3) is 3.63. The van der Waals surface area contributed by atoms with Crippen LogP contribution >= 0.6 is 11.6 Å². The molecule has 8 heteroatoms. The van der Waals surface area contributed by atoms with Crippen molar-refractivity contribution in [1.82, 2.24) is 19.7 Å². The van der Waals surface area contributed by atoms with Gasteiger partial charge in [0.25, 0.3) is 5.91 Å². The summed E-state index contributed by atoms with van der Waals surface area (Å²) in [5, 5.41) is 11.5. The van der Waals surface area contributed by atoms with Crippen LogP contribution in [0.1, 0.15) is 18.5 Å². The van der Waals surface area contributed by atoms with E-state index in [9.17, 15) is 4.79 Å². The lowest BCUT2D eigenvalue weighted by atomic mass is 9.95. The molecule has 0 aliphatic carbocycles. The number of allylic oxidation sites excluding steroid dienone is 1. The Morgan fingerprint density at radius 2 is 1.75 bits per heavy atom. The van der Waals surface area contributed by atoms with Crippen molar-refractivity contribution in [3.63, 3.8) is 0 Å². The van der Waals surface area contributed by atoms with Crippen molar-refractivity contribution in [1.29, 1.82) is 0 Å². The zero-order valence-electron chi connectivity index (χ0n) is 17.2. The Labute approximate surface area is 189 Å². The number of pyridine rings is 1. The van der Waals surface area contributed by atoms with Gasteiger partial charge in [-0.2, -0.15) is 4.98 Å². The molecule has 32 heavy (non-hydrogen) atoms. The highest BCUT2D eigenvalue weighted by molar-refractivity contribution is 6.31. The van der Waals surface area contributed by atoms with Crippen molar-refractivity contribution in [2.24, 2.45) is 0 Å². The van der Waals surface area contributed by atoms with Crippen LogP contribution in [0, 0.1) is 0 Å². The number of aromatic nitrogens is 4. The minimum Gasteiger partial charge on any atom is -0.328 e. The van der Waals surface area contributed by atoms with Crippen LogP contribution in [0.5, 0.6) is 0 Å². The number of halogens is 1.